The van der Waals surface area contributed by atoms with Crippen molar-refractivity contribution in [2.75, 3.05) is 17.3 Å². The van der Waals surface area contributed by atoms with Crippen LogP contribution in [0.3, 0.4) is 0 Å². The number of fused-ring (bicyclic) bond motifs is 3. The maximum absolute atomic E-state index is 13.3. The van der Waals surface area contributed by atoms with Crippen LogP contribution < -0.4 is 21.3 Å². The highest BCUT2D eigenvalue weighted by molar-refractivity contribution is 8.76. The Kier molecular flexibility index (Phi) is 15.5. The van der Waals surface area contributed by atoms with Gasteiger partial charge in [0.15, 0.2) is 0 Å². The van der Waals surface area contributed by atoms with Crippen LogP contribution in [0, 0.1) is 11.8 Å². The maximum atomic E-state index is 13.3. The van der Waals surface area contributed by atoms with E-state index in [4.69, 9.17) is 4.74 Å². The first-order chi connectivity index (χ1) is 19.4. The summed E-state index contributed by atoms with van der Waals surface area (Å²) in [5.41, 5.74) is 0. The quantitative estimate of drug-likeness (QED) is 0.124. The van der Waals surface area contributed by atoms with E-state index >= 15 is 0 Å². The van der Waals surface area contributed by atoms with Crippen LogP contribution in [0.5, 0.6) is 0 Å². The molecule has 4 amide bonds. The second-order valence-corrected chi connectivity index (χ2v) is 15.1. The fraction of sp³-hybridized carbons (Fsp3) is 0.750. The Hall–Kier alpha value is -1.86. The van der Waals surface area contributed by atoms with Gasteiger partial charge in [0, 0.05) is 22.5 Å². The third kappa shape index (κ3) is 11.7. The molecule has 10 nitrogen and oxygen atoms in total. The van der Waals surface area contributed by atoms with E-state index in [0.717, 1.165) is 24.3 Å². The number of hydrogen-bond donors (Lipinski definition) is 4. The van der Waals surface area contributed by atoms with E-state index in [0.29, 0.717) is 0 Å². The summed E-state index contributed by atoms with van der Waals surface area (Å²) in [6.45, 7) is 11.2. The van der Waals surface area contributed by atoms with Crippen molar-refractivity contribution in [2.24, 2.45) is 11.8 Å². The van der Waals surface area contributed by atoms with Gasteiger partial charge in [-0.05, 0) is 30.8 Å². The van der Waals surface area contributed by atoms with Gasteiger partial charge in [-0.1, -0.05) is 75.6 Å². The van der Waals surface area contributed by atoms with Crippen LogP contribution in [0.4, 0.5) is 0 Å². The minimum Gasteiger partial charge on any atom is -0.456 e. The molecular formula is C28H46N4O6S3. The molecule has 2 aliphatic rings. The van der Waals surface area contributed by atoms with Crippen molar-refractivity contribution in [3.63, 3.8) is 0 Å². The number of ether oxygens (including phenoxy) is 1. The minimum atomic E-state index is -0.976. The van der Waals surface area contributed by atoms with Crippen molar-refractivity contribution in [1.29, 1.82) is 0 Å². The van der Waals surface area contributed by atoms with Gasteiger partial charge in [-0.15, -0.1) is 0 Å². The molecule has 232 valence electrons. The van der Waals surface area contributed by atoms with Crippen LogP contribution in [0.15, 0.2) is 12.2 Å². The first-order valence-electron chi connectivity index (χ1n) is 14.4. The molecule has 0 radical (unpaired) electrons. The Balaban J connectivity index is 2.31. The molecule has 2 aliphatic heterocycles. The molecule has 4 N–H and O–H groups in total. The monoisotopic (exact) mass is 630 g/mol. The number of thioether (sulfide) groups is 1. The summed E-state index contributed by atoms with van der Waals surface area (Å²) in [7, 11) is 3.61. The number of allylic oxidation sites excluding steroid dienone is 1. The average molecular weight is 631 g/mol. The van der Waals surface area contributed by atoms with Gasteiger partial charge in [0.2, 0.25) is 23.6 Å². The highest BCUT2D eigenvalue weighted by Crippen LogP contribution is 2.24. The Labute approximate surface area is 256 Å². The minimum absolute atomic E-state index is 0.185. The first-order valence-corrected chi connectivity index (χ1v) is 17.9. The molecule has 41 heavy (non-hydrogen) atoms. The molecule has 2 unspecified atom stereocenters. The molecule has 2 heterocycles. The SMILES string of the molecule is CCCCSSCC/C=C/[C@H]1CC(=O)N[C@H](C(C)C)C(=O)N[C@@H]2CSC(C)C(NC2=O)C(=O)N[C@@H](C(C)C)C(=O)O1. The van der Waals surface area contributed by atoms with Crippen molar-refractivity contribution in [1.82, 2.24) is 21.3 Å². The largest absolute Gasteiger partial charge is 0.456 e. The summed E-state index contributed by atoms with van der Waals surface area (Å²) >= 11 is 1.37. The van der Waals surface area contributed by atoms with Gasteiger partial charge in [-0.3, -0.25) is 19.2 Å². The van der Waals surface area contributed by atoms with Gasteiger partial charge in [-0.2, -0.15) is 11.8 Å². The molecule has 13 heteroatoms. The van der Waals surface area contributed by atoms with Crippen molar-refractivity contribution < 1.29 is 28.7 Å². The molecule has 0 aromatic heterocycles. The first kappa shape index (κ1) is 35.3. The molecule has 2 rings (SSSR count). The third-order valence-electron chi connectivity index (χ3n) is 6.73. The highest BCUT2D eigenvalue weighted by Gasteiger charge is 2.39. The molecule has 2 bridgehead atoms. The van der Waals surface area contributed by atoms with E-state index in [2.05, 4.69) is 28.2 Å². The van der Waals surface area contributed by atoms with Gasteiger partial charge in [0.1, 0.15) is 30.3 Å². The zero-order valence-electron chi connectivity index (χ0n) is 24.9. The molecule has 2 saturated heterocycles. The van der Waals surface area contributed by atoms with Crippen molar-refractivity contribution in [3.8, 4) is 0 Å². The second kappa shape index (κ2) is 17.9. The van der Waals surface area contributed by atoms with Crippen molar-refractivity contribution >= 4 is 62.9 Å². The van der Waals surface area contributed by atoms with E-state index in [1.165, 1.54) is 18.2 Å². The maximum Gasteiger partial charge on any atom is 0.329 e. The Bertz CT molecular complexity index is 948. The van der Waals surface area contributed by atoms with E-state index < -0.39 is 59.9 Å². The van der Waals surface area contributed by atoms with Crippen LogP contribution in [0.25, 0.3) is 0 Å². The number of carbonyl (C=O) groups is 5. The lowest BCUT2D eigenvalue weighted by molar-refractivity contribution is -0.153. The summed E-state index contributed by atoms with van der Waals surface area (Å²) in [6.07, 6.45) is 5.60. The fourth-order valence-corrected chi connectivity index (χ4v) is 7.52. The predicted octanol–water partition coefficient (Wildman–Crippen LogP) is 2.82. The zero-order chi connectivity index (χ0) is 30.5. The fourth-order valence-electron chi connectivity index (χ4n) is 4.19. The number of unbranched alkanes of at least 4 members (excludes halogenated alkanes) is 1. The molecule has 0 aromatic rings. The second-order valence-electron chi connectivity index (χ2n) is 11.0. The van der Waals surface area contributed by atoms with Gasteiger partial charge >= 0.3 is 5.97 Å². The van der Waals surface area contributed by atoms with Crippen LogP contribution in [-0.2, 0) is 28.7 Å². The number of nitrogens with one attached hydrogen (secondary N) is 4. The third-order valence-corrected chi connectivity index (χ3v) is 10.6. The van der Waals surface area contributed by atoms with Crippen molar-refractivity contribution in [2.45, 2.75) is 103 Å². The Morgan fingerprint density at radius 1 is 0.902 bits per heavy atom. The zero-order valence-corrected chi connectivity index (χ0v) is 27.3. The molecule has 0 spiro atoms. The Morgan fingerprint density at radius 2 is 1.59 bits per heavy atom. The summed E-state index contributed by atoms with van der Waals surface area (Å²) in [6, 6.07) is -3.65. The van der Waals surface area contributed by atoms with E-state index in [1.807, 2.05) is 23.8 Å². The van der Waals surface area contributed by atoms with E-state index in [-0.39, 0.29) is 29.3 Å². The molecular weight excluding hydrogens is 585 g/mol. The number of rotatable bonds is 10. The molecule has 0 aromatic carbocycles. The molecule has 0 saturated carbocycles. The topological polar surface area (TPSA) is 143 Å². The van der Waals surface area contributed by atoms with Gasteiger partial charge in [0.25, 0.3) is 0 Å². The average Bonchev–Trinajstić information content (AvgIpc) is 3.04. The number of cyclic esters (lactones) is 1. The van der Waals surface area contributed by atoms with Crippen LogP contribution >= 0.6 is 33.3 Å². The summed E-state index contributed by atoms with van der Waals surface area (Å²) in [4.78, 5) is 65.9. The lowest BCUT2D eigenvalue weighted by Crippen LogP contribution is -2.59. The molecule has 0 aliphatic carbocycles. The van der Waals surface area contributed by atoms with E-state index in [9.17, 15) is 24.0 Å². The van der Waals surface area contributed by atoms with Gasteiger partial charge in [-0.25, -0.2) is 4.79 Å². The van der Waals surface area contributed by atoms with Crippen molar-refractivity contribution in [3.05, 3.63) is 12.2 Å². The van der Waals surface area contributed by atoms with E-state index in [1.54, 1.807) is 44.6 Å². The standard InChI is InChI=1S/C28H46N4O6S3/c1-7-8-12-40-41-13-10-9-11-19-14-21(33)30-22(16(2)3)26(35)29-20-15-39-18(6)24(32-25(20)34)27(36)31-23(17(4)5)28(37)38-19/h9,11,16-20,22-24H,7-8,10,12-15H2,1-6H3,(H,29,35)(H,30,33)(H,31,36)(H,32,34)/b11-9+/t18?,19-,20+,22+,23-,24?/m0/s1. The summed E-state index contributed by atoms with van der Waals surface area (Å²) < 4.78 is 5.77. The summed E-state index contributed by atoms with van der Waals surface area (Å²) in [5.74, 6) is -0.938. The molecule has 6 atom stereocenters. The Morgan fingerprint density at radius 3 is 2.24 bits per heavy atom. The lowest BCUT2D eigenvalue weighted by Gasteiger charge is -2.28. The molecule has 2 fully saturated rings. The number of hydrogen-bond acceptors (Lipinski definition) is 9. The number of esters is 1. The van der Waals surface area contributed by atoms with Gasteiger partial charge < -0.3 is 26.0 Å². The number of amides is 4. The lowest BCUT2D eigenvalue weighted by atomic mass is 10.0. The highest BCUT2D eigenvalue weighted by atomic mass is 33.1. The smallest absolute Gasteiger partial charge is 0.329 e. The van der Waals surface area contributed by atoms with Crippen LogP contribution in [-0.4, -0.2) is 82.4 Å². The predicted molar refractivity (Wildman–Crippen MR) is 167 cm³/mol. The van der Waals surface area contributed by atoms with Crippen LogP contribution in [0.2, 0.25) is 0 Å². The normalized spacial score (nSPS) is 28.7. The summed E-state index contributed by atoms with van der Waals surface area (Å²) in [5, 5.41) is 10.7. The van der Waals surface area contributed by atoms with Crippen LogP contribution in [0.1, 0.15) is 67.2 Å². The van der Waals surface area contributed by atoms with Gasteiger partial charge in [0.05, 0.1) is 6.42 Å². The number of carbonyl (C=O) groups excluding carboxylic acids is 5.